The summed E-state index contributed by atoms with van der Waals surface area (Å²) in [6.45, 7) is 3.99. The second-order valence-corrected chi connectivity index (χ2v) is 4.95. The molecule has 0 aliphatic rings. The lowest BCUT2D eigenvalue weighted by Crippen LogP contribution is -2.46. The van der Waals surface area contributed by atoms with Crippen molar-refractivity contribution in [3.63, 3.8) is 0 Å². The zero-order chi connectivity index (χ0) is 13.1. The van der Waals surface area contributed by atoms with E-state index in [1.165, 1.54) is 7.11 Å². The number of rotatable bonds is 4. The second-order valence-electron chi connectivity index (χ2n) is 4.39. The maximum absolute atomic E-state index is 12.3. The van der Waals surface area contributed by atoms with E-state index in [2.05, 4.69) is 20.9 Å². The molecular formula is C12H17BrN2O2. The highest BCUT2D eigenvalue weighted by Gasteiger charge is 2.28. The molecule has 1 aromatic heterocycles. The summed E-state index contributed by atoms with van der Waals surface area (Å²) < 4.78 is 5.14. The number of amides is 1. The average molecular weight is 301 g/mol. The van der Waals surface area contributed by atoms with E-state index in [9.17, 15) is 4.79 Å². The summed E-state index contributed by atoms with van der Waals surface area (Å²) in [7, 11) is 3.31. The molecule has 1 aromatic rings. The minimum absolute atomic E-state index is 0.0753. The summed E-state index contributed by atoms with van der Waals surface area (Å²) in [5, 5.41) is 0.704. The molecule has 1 heterocycles. The minimum Gasteiger partial charge on any atom is -0.494 e. The third kappa shape index (κ3) is 2.97. The van der Waals surface area contributed by atoms with Crippen LogP contribution in [0.25, 0.3) is 0 Å². The lowest BCUT2D eigenvalue weighted by atomic mass is 10.1. The molecule has 0 atom stereocenters. The summed E-state index contributed by atoms with van der Waals surface area (Å²) in [5.74, 6) is 0.420. The third-order valence-corrected chi connectivity index (χ3v) is 4.15. The van der Waals surface area contributed by atoms with E-state index in [0.29, 0.717) is 16.6 Å². The highest BCUT2D eigenvalue weighted by molar-refractivity contribution is 9.09. The molecule has 0 aliphatic carbocycles. The average Bonchev–Trinajstić information content (AvgIpc) is 2.36. The molecule has 0 aromatic carbocycles. The first-order valence-corrected chi connectivity index (χ1v) is 6.38. The molecular weight excluding hydrogens is 284 g/mol. The van der Waals surface area contributed by atoms with Gasteiger partial charge in [0.05, 0.1) is 18.9 Å². The van der Waals surface area contributed by atoms with Gasteiger partial charge in [0.2, 0.25) is 0 Å². The summed E-state index contributed by atoms with van der Waals surface area (Å²) in [4.78, 5) is 18.0. The zero-order valence-corrected chi connectivity index (χ0v) is 12.1. The molecule has 0 saturated heterocycles. The smallest absolute Gasteiger partial charge is 0.257 e. The molecule has 5 heteroatoms. The maximum atomic E-state index is 12.3. The van der Waals surface area contributed by atoms with Gasteiger partial charge in [0.25, 0.3) is 5.91 Å². The van der Waals surface area contributed by atoms with Crippen LogP contribution in [-0.2, 0) is 0 Å². The van der Waals surface area contributed by atoms with Gasteiger partial charge in [-0.1, -0.05) is 15.9 Å². The van der Waals surface area contributed by atoms with Crippen LogP contribution in [0.15, 0.2) is 18.5 Å². The third-order valence-electron chi connectivity index (χ3n) is 2.77. The number of methoxy groups -OCH3 is 1. The Labute approximate surface area is 110 Å². The lowest BCUT2D eigenvalue weighted by Gasteiger charge is -2.34. The predicted octanol–water partition coefficient (Wildman–Crippen LogP) is 2.34. The fraction of sp³-hybridized carbons (Fsp3) is 0.500. The summed E-state index contributed by atoms with van der Waals surface area (Å²) in [6.07, 6.45) is 3.13. The zero-order valence-electron chi connectivity index (χ0n) is 10.5. The Kier molecular flexibility index (Phi) is 4.51. The van der Waals surface area contributed by atoms with Crippen molar-refractivity contribution in [2.75, 3.05) is 19.5 Å². The van der Waals surface area contributed by atoms with Crippen LogP contribution < -0.4 is 4.74 Å². The Hall–Kier alpha value is -1.10. The van der Waals surface area contributed by atoms with E-state index in [0.717, 1.165) is 0 Å². The largest absolute Gasteiger partial charge is 0.494 e. The quantitative estimate of drug-likeness (QED) is 0.802. The first kappa shape index (κ1) is 14.0. The van der Waals surface area contributed by atoms with Gasteiger partial charge in [-0.25, -0.2) is 0 Å². The summed E-state index contributed by atoms with van der Waals surface area (Å²) in [6, 6.07) is 1.67. The van der Waals surface area contributed by atoms with Gasteiger partial charge < -0.3 is 9.64 Å². The van der Waals surface area contributed by atoms with Crippen molar-refractivity contribution in [2.45, 2.75) is 19.4 Å². The van der Waals surface area contributed by atoms with Crippen LogP contribution in [0.4, 0.5) is 0 Å². The van der Waals surface area contributed by atoms with Crippen molar-refractivity contribution in [3.05, 3.63) is 24.0 Å². The van der Waals surface area contributed by atoms with Crippen LogP contribution in [-0.4, -0.2) is 40.8 Å². The first-order chi connectivity index (χ1) is 7.94. The normalized spacial score (nSPS) is 11.1. The Morgan fingerprint density at radius 2 is 2.24 bits per heavy atom. The highest BCUT2D eigenvalue weighted by atomic mass is 79.9. The molecule has 0 radical (unpaired) electrons. The Balaban J connectivity index is 3.04. The van der Waals surface area contributed by atoms with Crippen molar-refractivity contribution in [1.29, 1.82) is 0 Å². The Morgan fingerprint density at radius 3 is 2.76 bits per heavy atom. The molecule has 0 aliphatic heterocycles. The molecule has 94 valence electrons. The fourth-order valence-corrected chi connectivity index (χ4v) is 1.64. The first-order valence-electron chi connectivity index (χ1n) is 5.26. The summed E-state index contributed by atoms with van der Waals surface area (Å²) >= 11 is 3.41. The Bertz CT molecular complexity index is 407. The van der Waals surface area contributed by atoms with E-state index in [-0.39, 0.29) is 11.4 Å². The number of aromatic nitrogens is 1. The molecule has 0 bridgehead atoms. The van der Waals surface area contributed by atoms with Crippen LogP contribution in [0.2, 0.25) is 0 Å². The van der Waals surface area contributed by atoms with E-state index in [4.69, 9.17) is 4.74 Å². The van der Waals surface area contributed by atoms with Gasteiger partial charge >= 0.3 is 0 Å². The van der Waals surface area contributed by atoms with Crippen LogP contribution >= 0.6 is 15.9 Å². The van der Waals surface area contributed by atoms with Crippen molar-refractivity contribution >= 4 is 21.8 Å². The molecule has 0 N–H and O–H groups in total. The van der Waals surface area contributed by atoms with Gasteiger partial charge in [0.15, 0.2) is 0 Å². The van der Waals surface area contributed by atoms with Gasteiger partial charge in [-0.15, -0.1) is 0 Å². The fourth-order valence-electron chi connectivity index (χ4n) is 1.26. The van der Waals surface area contributed by atoms with Crippen molar-refractivity contribution in [2.24, 2.45) is 0 Å². The van der Waals surface area contributed by atoms with Crippen LogP contribution in [0.5, 0.6) is 5.75 Å². The monoisotopic (exact) mass is 300 g/mol. The number of pyridine rings is 1. The molecule has 0 spiro atoms. The number of hydrogen-bond donors (Lipinski definition) is 0. The standard InChI is InChI=1S/C12H17BrN2O2/c1-12(2,8-13)15(3)11(16)9-5-6-14-7-10(9)17-4/h5-7H,8H2,1-4H3. The molecule has 1 amide bonds. The van der Waals surface area contributed by atoms with Crippen LogP contribution in [0.3, 0.4) is 0 Å². The number of carbonyl (C=O) groups excluding carboxylic acids is 1. The van der Waals surface area contributed by atoms with Crippen molar-refractivity contribution in [1.82, 2.24) is 9.88 Å². The SMILES string of the molecule is COc1cnccc1C(=O)N(C)C(C)(C)CBr. The van der Waals surface area contributed by atoms with Crippen molar-refractivity contribution in [3.8, 4) is 5.75 Å². The van der Waals surface area contributed by atoms with Gasteiger partial charge in [-0.2, -0.15) is 0 Å². The Morgan fingerprint density at radius 1 is 1.59 bits per heavy atom. The number of hydrogen-bond acceptors (Lipinski definition) is 3. The van der Waals surface area contributed by atoms with Crippen molar-refractivity contribution < 1.29 is 9.53 Å². The lowest BCUT2D eigenvalue weighted by molar-refractivity contribution is 0.0660. The number of halogens is 1. The maximum Gasteiger partial charge on any atom is 0.257 e. The van der Waals surface area contributed by atoms with E-state index in [1.54, 1.807) is 30.4 Å². The number of ether oxygens (including phenoxy) is 1. The number of nitrogens with zero attached hydrogens (tertiary/aromatic N) is 2. The summed E-state index contributed by atoms with van der Waals surface area (Å²) in [5.41, 5.74) is 0.268. The van der Waals surface area contributed by atoms with E-state index < -0.39 is 0 Å². The van der Waals surface area contributed by atoms with Gasteiger partial charge in [-0.05, 0) is 19.9 Å². The molecule has 17 heavy (non-hydrogen) atoms. The topological polar surface area (TPSA) is 42.4 Å². The molecule has 0 unspecified atom stereocenters. The van der Waals surface area contributed by atoms with E-state index in [1.807, 2.05) is 13.8 Å². The minimum atomic E-state index is -0.259. The molecule has 4 nitrogen and oxygen atoms in total. The van der Waals surface area contributed by atoms with Crippen LogP contribution in [0, 0.1) is 0 Å². The van der Waals surface area contributed by atoms with Gasteiger partial charge in [-0.3, -0.25) is 9.78 Å². The van der Waals surface area contributed by atoms with Gasteiger partial charge in [0, 0.05) is 24.1 Å². The van der Waals surface area contributed by atoms with Gasteiger partial charge in [0.1, 0.15) is 5.75 Å². The molecule has 1 rings (SSSR count). The van der Waals surface area contributed by atoms with E-state index >= 15 is 0 Å². The molecule has 0 fully saturated rings. The number of carbonyl (C=O) groups is 1. The predicted molar refractivity (Wildman–Crippen MR) is 70.8 cm³/mol. The molecule has 0 saturated carbocycles. The number of alkyl halides is 1. The highest BCUT2D eigenvalue weighted by Crippen LogP contribution is 2.22. The van der Waals surface area contributed by atoms with Crippen LogP contribution in [0.1, 0.15) is 24.2 Å². The second kappa shape index (κ2) is 5.49.